The number of benzene rings is 2. The maximum absolute atomic E-state index is 5.87. The van der Waals surface area contributed by atoms with Gasteiger partial charge in [-0.2, -0.15) is 0 Å². The Kier molecular flexibility index (Phi) is 4.14. The van der Waals surface area contributed by atoms with Gasteiger partial charge in [0.15, 0.2) is 5.13 Å². The normalized spacial score (nSPS) is 11.2. The fourth-order valence-corrected chi connectivity index (χ4v) is 4.04. The minimum Gasteiger partial charge on any atom is -0.456 e. The molecule has 7 heteroatoms. The average Bonchev–Trinajstić information content (AvgIpc) is 3.28. The molecule has 0 saturated carbocycles. The van der Waals surface area contributed by atoms with Crippen LogP contribution in [0.25, 0.3) is 21.3 Å². The van der Waals surface area contributed by atoms with Crippen molar-refractivity contribution in [2.75, 3.05) is 5.32 Å². The van der Waals surface area contributed by atoms with Crippen LogP contribution >= 0.6 is 11.3 Å². The van der Waals surface area contributed by atoms with Crippen LogP contribution in [0.5, 0.6) is 11.5 Å². The van der Waals surface area contributed by atoms with Crippen molar-refractivity contribution in [2.24, 2.45) is 0 Å². The molecular formula is C21H17N5OS. The van der Waals surface area contributed by atoms with Crippen LogP contribution in [-0.2, 0) is 6.54 Å². The first kappa shape index (κ1) is 16.7. The van der Waals surface area contributed by atoms with Crippen LogP contribution in [0.15, 0.2) is 67.0 Å². The largest absolute Gasteiger partial charge is 0.456 e. The Morgan fingerprint density at radius 2 is 1.93 bits per heavy atom. The van der Waals surface area contributed by atoms with Crippen molar-refractivity contribution in [3.63, 3.8) is 0 Å². The number of nitrogens with zero attached hydrogens (tertiary/aromatic N) is 4. The van der Waals surface area contributed by atoms with Gasteiger partial charge >= 0.3 is 0 Å². The first-order chi connectivity index (χ1) is 13.8. The predicted octanol–water partition coefficient (Wildman–Crippen LogP) is 5.60. The van der Waals surface area contributed by atoms with Crippen molar-refractivity contribution in [2.45, 2.75) is 13.5 Å². The van der Waals surface area contributed by atoms with Gasteiger partial charge in [0.25, 0.3) is 0 Å². The summed E-state index contributed by atoms with van der Waals surface area (Å²) in [6.07, 6.45) is 3.42. The Balaban J connectivity index is 1.45. The number of pyridine rings is 1. The van der Waals surface area contributed by atoms with Crippen LogP contribution in [0.3, 0.4) is 0 Å². The third kappa shape index (κ3) is 3.05. The van der Waals surface area contributed by atoms with Crippen LogP contribution in [0, 0.1) is 0 Å². The second-order valence-electron chi connectivity index (χ2n) is 6.23. The van der Waals surface area contributed by atoms with Crippen molar-refractivity contribution in [1.82, 2.24) is 19.5 Å². The minimum atomic E-state index is 0.710. The lowest BCUT2D eigenvalue weighted by Gasteiger charge is -2.05. The van der Waals surface area contributed by atoms with E-state index in [1.54, 1.807) is 23.7 Å². The number of ether oxygens (including phenoxy) is 1. The molecule has 5 rings (SSSR count). The Morgan fingerprint density at radius 1 is 1.00 bits per heavy atom. The van der Waals surface area contributed by atoms with E-state index in [2.05, 4.69) is 32.8 Å². The summed E-state index contributed by atoms with van der Waals surface area (Å²) < 4.78 is 9.07. The number of thiazole rings is 1. The zero-order valence-electron chi connectivity index (χ0n) is 15.2. The first-order valence-electron chi connectivity index (χ1n) is 9.01. The Labute approximate surface area is 165 Å². The number of imidazole rings is 1. The summed E-state index contributed by atoms with van der Waals surface area (Å²) in [4.78, 5) is 13.5. The number of fused-ring (bicyclic) bond motifs is 2. The topological polar surface area (TPSA) is 64.9 Å². The van der Waals surface area contributed by atoms with Crippen molar-refractivity contribution < 1.29 is 4.74 Å². The maximum atomic E-state index is 5.87. The number of rotatable bonds is 5. The van der Waals surface area contributed by atoms with Gasteiger partial charge in [0.1, 0.15) is 11.5 Å². The Bertz CT molecular complexity index is 1260. The van der Waals surface area contributed by atoms with Gasteiger partial charge in [-0.05, 0) is 43.3 Å². The fourth-order valence-electron chi connectivity index (χ4n) is 3.15. The van der Waals surface area contributed by atoms with Gasteiger partial charge in [0.2, 0.25) is 5.95 Å². The molecule has 28 heavy (non-hydrogen) atoms. The van der Waals surface area contributed by atoms with E-state index in [-0.39, 0.29) is 0 Å². The highest BCUT2D eigenvalue weighted by Crippen LogP contribution is 2.33. The third-order valence-corrected chi connectivity index (χ3v) is 5.35. The molecule has 0 fully saturated rings. The summed E-state index contributed by atoms with van der Waals surface area (Å²) in [5, 5.41) is 4.18. The quantitative estimate of drug-likeness (QED) is 0.425. The SMILES string of the molecule is CCn1c(Nc2nc3ccc(Oc4cccnc4)cc3s2)nc2ccccc21. The van der Waals surface area contributed by atoms with Crippen LogP contribution in [-0.4, -0.2) is 19.5 Å². The Hall–Kier alpha value is -3.45. The molecule has 0 aliphatic carbocycles. The molecule has 0 bridgehead atoms. The van der Waals surface area contributed by atoms with Gasteiger partial charge in [-0.15, -0.1) is 0 Å². The van der Waals surface area contributed by atoms with E-state index < -0.39 is 0 Å². The smallest absolute Gasteiger partial charge is 0.210 e. The van der Waals surface area contributed by atoms with Gasteiger partial charge in [0, 0.05) is 18.8 Å². The fraction of sp³-hybridized carbons (Fsp3) is 0.0952. The van der Waals surface area contributed by atoms with E-state index in [0.29, 0.717) is 5.75 Å². The number of hydrogen-bond donors (Lipinski definition) is 1. The lowest BCUT2D eigenvalue weighted by Crippen LogP contribution is -2.01. The molecule has 0 aliphatic heterocycles. The standard InChI is InChI=1S/C21H17N5OS/c1-2-26-18-8-4-3-7-16(18)23-20(26)25-21-24-17-10-9-14(12-19(17)28-21)27-15-6-5-11-22-13-15/h3-13H,2H2,1H3,(H,23,24,25). The van der Waals surface area contributed by atoms with Crippen LogP contribution in [0.4, 0.5) is 11.1 Å². The number of anilines is 2. The van der Waals surface area contributed by atoms with Gasteiger partial charge in [0.05, 0.1) is 27.4 Å². The molecule has 2 aromatic carbocycles. The number of aromatic nitrogens is 4. The summed E-state index contributed by atoms with van der Waals surface area (Å²) in [5.41, 5.74) is 3.01. The first-order valence-corrected chi connectivity index (χ1v) is 9.82. The summed E-state index contributed by atoms with van der Waals surface area (Å²) >= 11 is 1.57. The molecule has 3 heterocycles. The molecule has 6 nitrogen and oxygen atoms in total. The van der Waals surface area contributed by atoms with Crippen molar-refractivity contribution in [3.05, 3.63) is 67.0 Å². The molecule has 5 aromatic rings. The van der Waals surface area contributed by atoms with Crippen molar-refractivity contribution >= 4 is 43.7 Å². The monoisotopic (exact) mass is 387 g/mol. The molecule has 0 atom stereocenters. The maximum Gasteiger partial charge on any atom is 0.210 e. The highest BCUT2D eigenvalue weighted by molar-refractivity contribution is 7.22. The molecular weight excluding hydrogens is 370 g/mol. The number of nitrogens with one attached hydrogen (secondary N) is 1. The highest BCUT2D eigenvalue weighted by Gasteiger charge is 2.12. The molecule has 0 amide bonds. The van der Waals surface area contributed by atoms with E-state index in [9.17, 15) is 0 Å². The second-order valence-corrected chi connectivity index (χ2v) is 7.26. The van der Waals surface area contributed by atoms with Gasteiger partial charge in [-0.25, -0.2) is 9.97 Å². The lowest BCUT2D eigenvalue weighted by atomic mass is 10.3. The molecule has 3 aromatic heterocycles. The second kappa shape index (κ2) is 6.94. The van der Waals surface area contributed by atoms with E-state index in [4.69, 9.17) is 9.72 Å². The molecule has 0 aliphatic rings. The molecule has 0 spiro atoms. The van der Waals surface area contributed by atoms with E-state index in [1.807, 2.05) is 48.5 Å². The number of aryl methyl sites for hydroxylation is 1. The summed E-state index contributed by atoms with van der Waals surface area (Å²) in [7, 11) is 0. The molecule has 0 radical (unpaired) electrons. The van der Waals surface area contributed by atoms with Crippen LogP contribution < -0.4 is 10.1 Å². The average molecular weight is 387 g/mol. The lowest BCUT2D eigenvalue weighted by molar-refractivity contribution is 0.481. The highest BCUT2D eigenvalue weighted by atomic mass is 32.1. The Morgan fingerprint density at radius 3 is 2.79 bits per heavy atom. The minimum absolute atomic E-state index is 0.710. The summed E-state index contributed by atoms with van der Waals surface area (Å²) in [6.45, 7) is 2.94. The van der Waals surface area contributed by atoms with E-state index >= 15 is 0 Å². The van der Waals surface area contributed by atoms with Crippen molar-refractivity contribution in [3.8, 4) is 11.5 Å². The molecule has 1 N–H and O–H groups in total. The zero-order valence-corrected chi connectivity index (χ0v) is 16.0. The van der Waals surface area contributed by atoms with Gasteiger partial charge < -0.3 is 14.6 Å². The van der Waals surface area contributed by atoms with E-state index in [0.717, 1.165) is 44.6 Å². The van der Waals surface area contributed by atoms with Gasteiger partial charge in [-0.3, -0.25) is 4.98 Å². The molecule has 138 valence electrons. The van der Waals surface area contributed by atoms with Gasteiger partial charge in [-0.1, -0.05) is 23.5 Å². The molecule has 0 saturated heterocycles. The van der Waals surface area contributed by atoms with Crippen molar-refractivity contribution in [1.29, 1.82) is 0 Å². The summed E-state index contributed by atoms with van der Waals surface area (Å²) in [6, 6.07) is 17.7. The predicted molar refractivity (Wildman–Crippen MR) is 113 cm³/mol. The van der Waals surface area contributed by atoms with E-state index in [1.165, 1.54) is 0 Å². The third-order valence-electron chi connectivity index (χ3n) is 4.42. The number of hydrogen-bond acceptors (Lipinski definition) is 6. The van der Waals surface area contributed by atoms with Crippen LogP contribution in [0.2, 0.25) is 0 Å². The number of para-hydroxylation sites is 2. The molecule has 0 unspecified atom stereocenters. The zero-order chi connectivity index (χ0) is 18.9. The summed E-state index contributed by atoms with van der Waals surface area (Å²) in [5.74, 6) is 2.27. The van der Waals surface area contributed by atoms with Crippen LogP contribution in [0.1, 0.15) is 6.92 Å².